The van der Waals surface area contributed by atoms with Crippen LogP contribution in [-0.2, 0) is 11.2 Å². The number of carbonyl (C=O) groups excluding carboxylic acids is 1. The molecule has 0 saturated heterocycles. The van der Waals surface area contributed by atoms with Gasteiger partial charge in [0, 0.05) is 11.6 Å². The van der Waals surface area contributed by atoms with Gasteiger partial charge in [0.25, 0.3) is 0 Å². The van der Waals surface area contributed by atoms with Crippen LogP contribution in [0, 0.1) is 6.92 Å². The standard InChI is InChI=1S/C18H15F3N4O2S/c1-11-6-7-22-15(8-11)25-17-23-12(10-28-17)9-16(26)24-13-4-2-3-5-14(13)27-18(19,20)21/h2-8,10H,9H2,1H3,(H,24,26)(H,22,23,25). The zero-order chi connectivity index (χ0) is 20.1. The van der Waals surface area contributed by atoms with E-state index >= 15 is 0 Å². The molecule has 3 aromatic rings. The van der Waals surface area contributed by atoms with Crippen molar-refractivity contribution in [2.75, 3.05) is 10.6 Å². The maximum absolute atomic E-state index is 12.5. The fraction of sp³-hybridized carbons (Fsp3) is 0.167. The molecule has 6 nitrogen and oxygen atoms in total. The van der Waals surface area contributed by atoms with Crippen molar-refractivity contribution >= 4 is 33.9 Å². The number of alkyl halides is 3. The quantitative estimate of drug-likeness (QED) is 0.620. The van der Waals surface area contributed by atoms with Gasteiger partial charge in [-0.25, -0.2) is 9.97 Å². The number of aromatic nitrogens is 2. The SMILES string of the molecule is Cc1ccnc(Nc2nc(CC(=O)Nc3ccccc3OC(F)(F)F)cs2)c1. The number of nitrogens with one attached hydrogen (secondary N) is 2. The molecule has 0 fully saturated rings. The molecule has 2 aromatic heterocycles. The number of carbonyl (C=O) groups is 1. The van der Waals surface area contributed by atoms with E-state index in [0.717, 1.165) is 11.6 Å². The molecule has 2 heterocycles. The van der Waals surface area contributed by atoms with Gasteiger partial charge in [-0.2, -0.15) is 0 Å². The lowest BCUT2D eigenvalue weighted by Crippen LogP contribution is -2.20. The van der Waals surface area contributed by atoms with Crippen LogP contribution in [0.4, 0.5) is 29.8 Å². The fourth-order valence-electron chi connectivity index (χ4n) is 2.30. The summed E-state index contributed by atoms with van der Waals surface area (Å²) >= 11 is 1.29. The van der Waals surface area contributed by atoms with Crippen LogP contribution in [0.3, 0.4) is 0 Å². The van der Waals surface area contributed by atoms with Gasteiger partial charge in [-0.05, 0) is 36.8 Å². The van der Waals surface area contributed by atoms with Gasteiger partial charge < -0.3 is 15.4 Å². The Hall–Kier alpha value is -3.14. The third-order valence-electron chi connectivity index (χ3n) is 3.43. The second-order valence-corrected chi connectivity index (χ2v) is 6.61. The second-order valence-electron chi connectivity index (χ2n) is 5.76. The van der Waals surface area contributed by atoms with Crippen molar-refractivity contribution in [2.45, 2.75) is 19.7 Å². The van der Waals surface area contributed by atoms with E-state index in [1.54, 1.807) is 11.6 Å². The summed E-state index contributed by atoms with van der Waals surface area (Å²) in [4.78, 5) is 20.7. The molecule has 0 aliphatic carbocycles. The molecule has 0 aliphatic rings. The molecule has 1 amide bonds. The Morgan fingerprint density at radius 2 is 2.04 bits per heavy atom. The Morgan fingerprint density at radius 1 is 1.25 bits per heavy atom. The number of pyridine rings is 1. The predicted molar refractivity (Wildman–Crippen MR) is 99.8 cm³/mol. The van der Waals surface area contributed by atoms with Gasteiger partial charge in [-0.3, -0.25) is 4.79 Å². The molecule has 0 atom stereocenters. The number of amides is 1. The summed E-state index contributed by atoms with van der Waals surface area (Å²) in [5.74, 6) is -0.359. The van der Waals surface area contributed by atoms with Gasteiger partial charge in [-0.1, -0.05) is 12.1 Å². The normalized spacial score (nSPS) is 11.1. The van der Waals surface area contributed by atoms with Crippen molar-refractivity contribution in [1.82, 2.24) is 9.97 Å². The Balaban J connectivity index is 1.62. The second kappa shape index (κ2) is 8.26. The van der Waals surface area contributed by atoms with Crippen molar-refractivity contribution in [3.8, 4) is 5.75 Å². The highest BCUT2D eigenvalue weighted by Crippen LogP contribution is 2.30. The number of ether oxygens (including phenoxy) is 1. The molecule has 0 bridgehead atoms. The summed E-state index contributed by atoms with van der Waals surface area (Å²) in [6, 6.07) is 9.06. The minimum atomic E-state index is -4.85. The largest absolute Gasteiger partial charge is 0.573 e. The van der Waals surface area contributed by atoms with Gasteiger partial charge in [0.15, 0.2) is 10.9 Å². The summed E-state index contributed by atoms with van der Waals surface area (Å²) in [5.41, 5.74) is 1.45. The number of rotatable bonds is 6. The third-order valence-corrected chi connectivity index (χ3v) is 4.24. The Morgan fingerprint density at radius 3 is 2.79 bits per heavy atom. The maximum Gasteiger partial charge on any atom is 0.573 e. The Kier molecular flexibility index (Phi) is 5.78. The van der Waals surface area contributed by atoms with E-state index in [9.17, 15) is 18.0 Å². The van der Waals surface area contributed by atoms with E-state index in [0.29, 0.717) is 16.6 Å². The van der Waals surface area contributed by atoms with E-state index in [2.05, 4.69) is 25.3 Å². The molecule has 28 heavy (non-hydrogen) atoms. The van der Waals surface area contributed by atoms with Crippen molar-refractivity contribution in [3.63, 3.8) is 0 Å². The van der Waals surface area contributed by atoms with Gasteiger partial charge in [0.2, 0.25) is 5.91 Å². The number of anilines is 3. The molecule has 2 N–H and O–H groups in total. The molecule has 10 heteroatoms. The summed E-state index contributed by atoms with van der Waals surface area (Å²) < 4.78 is 41.3. The van der Waals surface area contributed by atoms with Crippen LogP contribution in [0.15, 0.2) is 48.0 Å². The van der Waals surface area contributed by atoms with Crippen molar-refractivity contribution in [2.24, 2.45) is 0 Å². The summed E-state index contributed by atoms with van der Waals surface area (Å²) in [7, 11) is 0. The first-order valence-electron chi connectivity index (χ1n) is 8.07. The van der Waals surface area contributed by atoms with Crippen LogP contribution < -0.4 is 15.4 Å². The minimum Gasteiger partial charge on any atom is -0.404 e. The Bertz CT molecular complexity index is 975. The molecule has 3 rings (SSSR count). The van der Waals surface area contributed by atoms with Gasteiger partial charge in [0.05, 0.1) is 17.8 Å². The first kappa shape index (κ1) is 19.6. The number of hydrogen-bond donors (Lipinski definition) is 2. The van der Waals surface area contributed by atoms with E-state index in [1.165, 1.54) is 29.5 Å². The number of hydrogen-bond acceptors (Lipinski definition) is 6. The van der Waals surface area contributed by atoms with Crippen LogP contribution in [0.2, 0.25) is 0 Å². The molecule has 0 aliphatic heterocycles. The van der Waals surface area contributed by atoms with Gasteiger partial charge in [-0.15, -0.1) is 24.5 Å². The molecule has 0 saturated carbocycles. The number of thiazole rings is 1. The number of nitrogens with zero attached hydrogens (tertiary/aromatic N) is 2. The first-order chi connectivity index (χ1) is 13.3. The molecular formula is C18H15F3N4O2S. The minimum absolute atomic E-state index is 0.0673. The predicted octanol–water partition coefficient (Wildman–Crippen LogP) is 4.67. The van der Waals surface area contributed by atoms with E-state index in [1.807, 2.05) is 19.1 Å². The summed E-state index contributed by atoms with van der Waals surface area (Å²) in [6.07, 6.45) is -3.28. The number of aryl methyl sites for hydroxylation is 1. The van der Waals surface area contributed by atoms with Crippen molar-refractivity contribution < 1.29 is 22.7 Å². The van der Waals surface area contributed by atoms with Crippen LogP contribution in [0.25, 0.3) is 0 Å². The van der Waals surface area contributed by atoms with Crippen LogP contribution in [-0.4, -0.2) is 22.2 Å². The Labute approximate surface area is 162 Å². The lowest BCUT2D eigenvalue weighted by atomic mass is 10.2. The number of halogens is 3. The third kappa shape index (κ3) is 5.68. The van der Waals surface area contributed by atoms with Gasteiger partial charge in [0.1, 0.15) is 5.82 Å². The van der Waals surface area contributed by atoms with Gasteiger partial charge >= 0.3 is 6.36 Å². The lowest BCUT2D eigenvalue weighted by molar-refractivity contribution is -0.274. The van der Waals surface area contributed by atoms with Crippen LogP contribution in [0.5, 0.6) is 5.75 Å². The zero-order valence-electron chi connectivity index (χ0n) is 14.6. The highest BCUT2D eigenvalue weighted by atomic mass is 32.1. The topological polar surface area (TPSA) is 76.1 Å². The highest BCUT2D eigenvalue weighted by molar-refractivity contribution is 7.13. The number of benzene rings is 1. The van der Waals surface area contributed by atoms with Crippen molar-refractivity contribution in [1.29, 1.82) is 0 Å². The average molecular weight is 408 g/mol. The summed E-state index contributed by atoms with van der Waals surface area (Å²) in [5, 5.41) is 7.71. The lowest BCUT2D eigenvalue weighted by Gasteiger charge is -2.13. The van der Waals surface area contributed by atoms with E-state index in [-0.39, 0.29) is 12.1 Å². The van der Waals surface area contributed by atoms with Crippen molar-refractivity contribution in [3.05, 3.63) is 59.2 Å². The average Bonchev–Trinajstić information content (AvgIpc) is 3.02. The smallest absolute Gasteiger partial charge is 0.404 e. The van der Waals surface area contributed by atoms with E-state index in [4.69, 9.17) is 0 Å². The summed E-state index contributed by atoms with van der Waals surface area (Å²) in [6.45, 7) is 1.94. The maximum atomic E-state index is 12.5. The highest BCUT2D eigenvalue weighted by Gasteiger charge is 2.32. The zero-order valence-corrected chi connectivity index (χ0v) is 15.4. The number of para-hydroxylation sites is 2. The monoisotopic (exact) mass is 408 g/mol. The molecule has 0 radical (unpaired) electrons. The molecule has 1 aromatic carbocycles. The first-order valence-corrected chi connectivity index (χ1v) is 8.95. The molecule has 146 valence electrons. The van der Waals surface area contributed by atoms with Crippen LogP contribution >= 0.6 is 11.3 Å². The van der Waals surface area contributed by atoms with Crippen LogP contribution in [0.1, 0.15) is 11.3 Å². The molecule has 0 spiro atoms. The fourth-order valence-corrected chi connectivity index (χ4v) is 3.02. The molecular weight excluding hydrogens is 393 g/mol. The molecule has 0 unspecified atom stereocenters. The van der Waals surface area contributed by atoms with E-state index < -0.39 is 18.0 Å².